The summed E-state index contributed by atoms with van der Waals surface area (Å²) in [6.07, 6.45) is 2.36. The van der Waals surface area contributed by atoms with Crippen LogP contribution in [0.15, 0.2) is 0 Å². The molecule has 2 atom stereocenters. The molecule has 3 heteroatoms. The number of hydrogen-bond donors (Lipinski definition) is 0. The number of ether oxygens (including phenoxy) is 2. The Morgan fingerprint density at radius 2 is 2.08 bits per heavy atom. The maximum atomic E-state index is 11.2. The van der Waals surface area contributed by atoms with E-state index in [0.717, 1.165) is 12.8 Å². The zero-order chi connectivity index (χ0) is 8.77. The first-order chi connectivity index (χ1) is 5.72. The molecule has 0 aliphatic heterocycles. The Hall–Kier alpha value is -0.410. The number of methoxy groups -OCH3 is 2. The van der Waals surface area contributed by atoms with Gasteiger partial charge in [-0.2, -0.15) is 0 Å². The first-order valence-corrected chi connectivity index (χ1v) is 4.35. The second-order valence-corrected chi connectivity index (χ2v) is 3.72. The smallest absolute Gasteiger partial charge is 0.171 e. The van der Waals surface area contributed by atoms with Crippen molar-refractivity contribution in [1.82, 2.24) is 0 Å². The van der Waals surface area contributed by atoms with Gasteiger partial charge in [-0.05, 0) is 6.42 Å². The SMILES string of the molecule is COC1(OC)CC2CC1CC2=O. The van der Waals surface area contributed by atoms with Gasteiger partial charge in [0.15, 0.2) is 5.79 Å². The molecule has 0 amide bonds. The monoisotopic (exact) mass is 170 g/mol. The van der Waals surface area contributed by atoms with Gasteiger partial charge >= 0.3 is 0 Å². The minimum atomic E-state index is -0.446. The van der Waals surface area contributed by atoms with Crippen LogP contribution in [0.1, 0.15) is 19.3 Å². The van der Waals surface area contributed by atoms with Crippen molar-refractivity contribution >= 4 is 5.78 Å². The number of rotatable bonds is 2. The molecule has 2 unspecified atom stereocenters. The molecule has 0 N–H and O–H groups in total. The van der Waals surface area contributed by atoms with E-state index in [0.29, 0.717) is 18.1 Å². The number of carbonyl (C=O) groups is 1. The van der Waals surface area contributed by atoms with Crippen molar-refractivity contribution in [1.29, 1.82) is 0 Å². The maximum absolute atomic E-state index is 11.2. The molecule has 0 spiro atoms. The van der Waals surface area contributed by atoms with Crippen LogP contribution >= 0.6 is 0 Å². The number of ketones is 1. The van der Waals surface area contributed by atoms with E-state index in [9.17, 15) is 4.79 Å². The molecule has 2 aliphatic carbocycles. The highest BCUT2D eigenvalue weighted by atomic mass is 16.7. The van der Waals surface area contributed by atoms with Crippen LogP contribution in [0, 0.1) is 11.8 Å². The summed E-state index contributed by atoms with van der Waals surface area (Å²) in [5, 5.41) is 0. The zero-order valence-corrected chi connectivity index (χ0v) is 7.50. The number of carbonyl (C=O) groups excluding carboxylic acids is 1. The molecule has 0 aromatic heterocycles. The van der Waals surface area contributed by atoms with E-state index in [4.69, 9.17) is 9.47 Å². The van der Waals surface area contributed by atoms with Crippen LogP contribution in [0.3, 0.4) is 0 Å². The van der Waals surface area contributed by atoms with Gasteiger partial charge < -0.3 is 9.47 Å². The van der Waals surface area contributed by atoms with Gasteiger partial charge in [0.05, 0.1) is 0 Å². The van der Waals surface area contributed by atoms with E-state index < -0.39 is 5.79 Å². The normalized spacial score (nSPS) is 37.7. The van der Waals surface area contributed by atoms with Crippen molar-refractivity contribution in [2.24, 2.45) is 11.8 Å². The van der Waals surface area contributed by atoms with Crippen LogP contribution in [-0.2, 0) is 14.3 Å². The lowest BCUT2D eigenvalue weighted by atomic mass is 9.93. The van der Waals surface area contributed by atoms with Gasteiger partial charge in [-0.3, -0.25) is 4.79 Å². The van der Waals surface area contributed by atoms with Gasteiger partial charge in [-0.15, -0.1) is 0 Å². The van der Waals surface area contributed by atoms with Crippen LogP contribution in [0.2, 0.25) is 0 Å². The van der Waals surface area contributed by atoms with Crippen molar-refractivity contribution in [3.63, 3.8) is 0 Å². The Balaban J connectivity index is 2.19. The summed E-state index contributed by atoms with van der Waals surface area (Å²) in [5.74, 6) is 0.447. The van der Waals surface area contributed by atoms with Crippen molar-refractivity contribution < 1.29 is 14.3 Å². The Bertz CT molecular complexity index is 208. The van der Waals surface area contributed by atoms with E-state index in [1.165, 1.54) is 0 Å². The molecule has 2 aliphatic rings. The minimum absolute atomic E-state index is 0.204. The van der Waals surface area contributed by atoms with E-state index in [1.807, 2.05) is 0 Å². The summed E-state index contributed by atoms with van der Waals surface area (Å²) in [6, 6.07) is 0. The molecule has 2 fully saturated rings. The Labute approximate surface area is 72.0 Å². The number of hydrogen-bond acceptors (Lipinski definition) is 3. The Morgan fingerprint density at radius 3 is 2.42 bits per heavy atom. The van der Waals surface area contributed by atoms with Gasteiger partial charge in [0.1, 0.15) is 5.78 Å². The lowest BCUT2D eigenvalue weighted by Crippen LogP contribution is -2.41. The maximum Gasteiger partial charge on any atom is 0.171 e. The second kappa shape index (κ2) is 2.54. The lowest BCUT2D eigenvalue weighted by Gasteiger charge is -2.34. The summed E-state index contributed by atoms with van der Waals surface area (Å²) in [5.41, 5.74) is 0. The van der Waals surface area contributed by atoms with Crippen LogP contribution in [0.4, 0.5) is 0 Å². The largest absolute Gasteiger partial charge is 0.353 e. The number of fused-ring (bicyclic) bond motifs is 2. The standard InChI is InChI=1S/C9H14O3/c1-11-9(12-2)5-6-3-7(9)4-8(6)10/h6-7H,3-5H2,1-2H3. The minimum Gasteiger partial charge on any atom is -0.353 e. The third-order valence-electron chi connectivity index (χ3n) is 3.32. The summed E-state index contributed by atoms with van der Waals surface area (Å²) in [4.78, 5) is 11.2. The lowest BCUT2D eigenvalue weighted by molar-refractivity contribution is -0.233. The average Bonchev–Trinajstić information content (AvgIpc) is 2.60. The average molecular weight is 170 g/mol. The molecule has 0 heterocycles. The number of Topliss-reactive ketones (excluding diaryl/α,β-unsaturated/α-hetero) is 1. The fraction of sp³-hybridized carbons (Fsp3) is 0.889. The van der Waals surface area contributed by atoms with Crippen molar-refractivity contribution in [3.05, 3.63) is 0 Å². The van der Waals surface area contributed by atoms with Crippen LogP contribution in [0.5, 0.6) is 0 Å². The summed E-state index contributed by atoms with van der Waals surface area (Å²) >= 11 is 0. The van der Waals surface area contributed by atoms with Crippen LogP contribution in [0.25, 0.3) is 0 Å². The van der Waals surface area contributed by atoms with Gasteiger partial charge in [-0.25, -0.2) is 0 Å². The van der Waals surface area contributed by atoms with Gasteiger partial charge in [0.25, 0.3) is 0 Å². The highest BCUT2D eigenvalue weighted by molar-refractivity contribution is 5.84. The summed E-state index contributed by atoms with van der Waals surface area (Å²) in [6.45, 7) is 0. The molecule has 3 nitrogen and oxygen atoms in total. The molecular weight excluding hydrogens is 156 g/mol. The molecule has 0 saturated heterocycles. The fourth-order valence-electron chi connectivity index (χ4n) is 2.59. The predicted octanol–water partition coefficient (Wildman–Crippen LogP) is 0.974. The quantitative estimate of drug-likeness (QED) is 0.579. The molecule has 0 aromatic rings. The Kier molecular flexibility index (Phi) is 1.73. The summed E-state index contributed by atoms with van der Waals surface area (Å²) < 4.78 is 10.7. The molecule has 2 rings (SSSR count). The summed E-state index contributed by atoms with van der Waals surface area (Å²) in [7, 11) is 3.32. The van der Waals surface area contributed by atoms with E-state index in [2.05, 4.69) is 0 Å². The molecular formula is C9H14O3. The highest BCUT2D eigenvalue weighted by Gasteiger charge is 2.55. The van der Waals surface area contributed by atoms with Crippen molar-refractivity contribution in [2.75, 3.05) is 14.2 Å². The fourth-order valence-corrected chi connectivity index (χ4v) is 2.59. The van der Waals surface area contributed by atoms with Gasteiger partial charge in [0.2, 0.25) is 0 Å². The van der Waals surface area contributed by atoms with E-state index >= 15 is 0 Å². The molecule has 0 aromatic carbocycles. The van der Waals surface area contributed by atoms with Crippen LogP contribution in [-0.4, -0.2) is 25.8 Å². The Morgan fingerprint density at radius 1 is 1.42 bits per heavy atom. The first-order valence-electron chi connectivity index (χ1n) is 4.35. The molecule has 12 heavy (non-hydrogen) atoms. The van der Waals surface area contributed by atoms with Crippen LogP contribution < -0.4 is 0 Å². The van der Waals surface area contributed by atoms with Gasteiger partial charge in [-0.1, -0.05) is 0 Å². The van der Waals surface area contributed by atoms with Crippen molar-refractivity contribution in [3.8, 4) is 0 Å². The van der Waals surface area contributed by atoms with Crippen molar-refractivity contribution in [2.45, 2.75) is 25.0 Å². The van der Waals surface area contributed by atoms with Gasteiger partial charge in [0, 0.05) is 38.9 Å². The predicted molar refractivity (Wildman–Crippen MR) is 42.6 cm³/mol. The third-order valence-corrected chi connectivity index (χ3v) is 3.32. The molecule has 68 valence electrons. The molecule has 0 radical (unpaired) electrons. The zero-order valence-electron chi connectivity index (χ0n) is 7.50. The second-order valence-electron chi connectivity index (χ2n) is 3.72. The first kappa shape index (κ1) is 8.20. The highest BCUT2D eigenvalue weighted by Crippen LogP contribution is 2.50. The van der Waals surface area contributed by atoms with E-state index in [-0.39, 0.29) is 5.92 Å². The topological polar surface area (TPSA) is 35.5 Å². The van der Waals surface area contributed by atoms with E-state index in [1.54, 1.807) is 14.2 Å². The third kappa shape index (κ3) is 0.866. The molecule has 2 saturated carbocycles. The molecule has 2 bridgehead atoms.